The Balaban J connectivity index is 1.47. The quantitative estimate of drug-likeness (QED) is 0.380. The molecular formula is C23H18FN5O. The van der Waals surface area contributed by atoms with Crippen molar-refractivity contribution < 1.29 is 11.9 Å². The summed E-state index contributed by atoms with van der Waals surface area (Å²) < 4.78 is 32.3. The number of nitrogens with one attached hydrogen (secondary N) is 3. The maximum absolute atomic E-state index is 13.1. The Hall–Kier alpha value is -4.13. The minimum absolute atomic E-state index is 0.387. The predicted molar refractivity (Wildman–Crippen MR) is 116 cm³/mol. The van der Waals surface area contributed by atoms with Gasteiger partial charge in [-0.05, 0) is 60.2 Å². The zero-order chi connectivity index (χ0) is 22.3. The number of rotatable bonds is 4. The molecule has 3 aromatic heterocycles. The molecule has 2 aromatic carbocycles. The summed E-state index contributed by atoms with van der Waals surface area (Å²) in [4.78, 5) is 19.7. The SMILES string of the molecule is [2H]C([2H])(c1c[nH]c2ncccc12)n1ccc2c(NC(=O)Nc3ccc(F)cc3)cccc21. The van der Waals surface area contributed by atoms with Crippen molar-refractivity contribution in [2.75, 3.05) is 10.6 Å². The van der Waals surface area contributed by atoms with Gasteiger partial charge in [-0.1, -0.05) is 6.07 Å². The van der Waals surface area contributed by atoms with Crippen molar-refractivity contribution in [3.8, 4) is 0 Å². The summed E-state index contributed by atoms with van der Waals surface area (Å²) in [5.74, 6) is -0.387. The van der Waals surface area contributed by atoms with Crippen LogP contribution in [0.15, 0.2) is 79.3 Å². The number of aromatic nitrogens is 3. The second-order valence-corrected chi connectivity index (χ2v) is 6.72. The Bertz CT molecular complexity index is 1440. The molecule has 30 heavy (non-hydrogen) atoms. The lowest BCUT2D eigenvalue weighted by Crippen LogP contribution is -2.19. The van der Waals surface area contributed by atoms with Crippen molar-refractivity contribution in [3.63, 3.8) is 0 Å². The first-order valence-corrected chi connectivity index (χ1v) is 9.30. The lowest BCUT2D eigenvalue weighted by Gasteiger charge is -2.10. The van der Waals surface area contributed by atoms with E-state index >= 15 is 0 Å². The number of benzene rings is 2. The number of aromatic amines is 1. The van der Waals surface area contributed by atoms with Gasteiger partial charge >= 0.3 is 6.03 Å². The van der Waals surface area contributed by atoms with E-state index in [-0.39, 0.29) is 5.82 Å². The molecule has 0 fully saturated rings. The van der Waals surface area contributed by atoms with E-state index in [4.69, 9.17) is 2.74 Å². The Morgan fingerprint density at radius 1 is 1.07 bits per heavy atom. The van der Waals surface area contributed by atoms with Crippen LogP contribution in [-0.2, 0) is 6.50 Å². The van der Waals surface area contributed by atoms with Crippen molar-refractivity contribution >= 4 is 39.3 Å². The van der Waals surface area contributed by atoms with Gasteiger partial charge in [-0.15, -0.1) is 0 Å². The molecule has 148 valence electrons. The maximum Gasteiger partial charge on any atom is 0.323 e. The van der Waals surface area contributed by atoms with E-state index in [9.17, 15) is 9.18 Å². The van der Waals surface area contributed by atoms with Crippen molar-refractivity contribution in [2.24, 2.45) is 0 Å². The zero-order valence-electron chi connectivity index (χ0n) is 17.7. The Kier molecular flexibility index (Phi) is 3.87. The molecule has 0 spiro atoms. The van der Waals surface area contributed by atoms with Gasteiger partial charge in [0, 0.05) is 41.5 Å². The minimum Gasteiger partial charge on any atom is -0.346 e. The van der Waals surface area contributed by atoms with Crippen LogP contribution in [0.4, 0.5) is 20.6 Å². The third-order valence-corrected chi connectivity index (χ3v) is 4.78. The smallest absolute Gasteiger partial charge is 0.323 e. The first-order chi connectivity index (χ1) is 15.4. The highest BCUT2D eigenvalue weighted by molar-refractivity contribution is 6.05. The number of pyridine rings is 1. The molecule has 0 saturated carbocycles. The van der Waals surface area contributed by atoms with Crippen LogP contribution < -0.4 is 10.6 Å². The molecule has 6 nitrogen and oxygen atoms in total. The number of halogens is 1. The van der Waals surface area contributed by atoms with Crippen LogP contribution in [0.1, 0.15) is 8.30 Å². The fourth-order valence-corrected chi connectivity index (χ4v) is 3.37. The highest BCUT2D eigenvalue weighted by atomic mass is 19.1. The van der Waals surface area contributed by atoms with Crippen molar-refractivity contribution in [1.29, 1.82) is 0 Å². The average Bonchev–Trinajstić information content (AvgIpc) is 3.41. The number of anilines is 2. The second kappa shape index (κ2) is 7.36. The summed E-state index contributed by atoms with van der Waals surface area (Å²) in [5, 5.41) is 6.82. The largest absolute Gasteiger partial charge is 0.346 e. The van der Waals surface area contributed by atoms with Gasteiger partial charge in [-0.3, -0.25) is 0 Å². The lowest BCUT2D eigenvalue weighted by atomic mass is 10.2. The summed E-state index contributed by atoms with van der Waals surface area (Å²) >= 11 is 0. The molecule has 2 amide bonds. The Morgan fingerprint density at radius 3 is 2.80 bits per heavy atom. The van der Waals surface area contributed by atoms with Gasteiger partial charge in [0.1, 0.15) is 11.5 Å². The van der Waals surface area contributed by atoms with Crippen LogP contribution in [0.2, 0.25) is 0 Å². The molecule has 5 rings (SSSR count). The standard InChI is InChI=1S/C23H18FN5O/c24-16-6-8-17(9-7-16)27-23(30)28-20-4-1-5-21-19(20)10-12-29(21)14-15-13-26-22-18(15)3-2-11-25-22/h1-13H,14H2,(H,25,26)(H2,27,28,30)/i14D2. The van der Waals surface area contributed by atoms with Crippen LogP contribution in [-0.4, -0.2) is 20.6 Å². The number of carbonyl (C=O) groups is 1. The number of nitrogens with zero attached hydrogens (tertiary/aromatic N) is 2. The topological polar surface area (TPSA) is 74.7 Å². The van der Waals surface area contributed by atoms with Crippen molar-refractivity contribution in [2.45, 2.75) is 6.50 Å². The van der Waals surface area contributed by atoms with Crippen molar-refractivity contribution in [1.82, 2.24) is 14.5 Å². The van der Waals surface area contributed by atoms with E-state index in [1.54, 1.807) is 48.9 Å². The van der Waals surface area contributed by atoms with Gasteiger partial charge in [-0.2, -0.15) is 0 Å². The number of hydrogen-bond donors (Lipinski definition) is 3. The summed E-state index contributed by atoms with van der Waals surface area (Å²) in [6, 6.07) is 15.6. The molecule has 7 heteroatoms. The molecule has 0 aliphatic rings. The molecule has 0 aliphatic heterocycles. The minimum atomic E-state index is -1.86. The molecular weight excluding hydrogens is 381 g/mol. The van der Waals surface area contributed by atoms with Gasteiger partial charge < -0.3 is 20.2 Å². The van der Waals surface area contributed by atoms with Crippen LogP contribution in [0.25, 0.3) is 21.9 Å². The first-order valence-electron chi connectivity index (χ1n) is 10.3. The Labute approximate surface area is 174 Å². The molecule has 0 aliphatic carbocycles. The number of H-pyrrole nitrogens is 1. The summed E-state index contributed by atoms with van der Waals surface area (Å²) in [6.45, 7) is -1.86. The Morgan fingerprint density at radius 2 is 1.93 bits per heavy atom. The number of carbonyl (C=O) groups excluding carboxylic acids is 1. The van der Waals surface area contributed by atoms with Crippen LogP contribution >= 0.6 is 0 Å². The second-order valence-electron chi connectivity index (χ2n) is 6.72. The number of urea groups is 1. The van der Waals surface area contributed by atoms with E-state index in [1.807, 2.05) is 6.07 Å². The van der Waals surface area contributed by atoms with Crippen molar-refractivity contribution in [3.05, 3.63) is 90.6 Å². The summed E-state index contributed by atoms with van der Waals surface area (Å²) in [6.07, 6.45) is 4.93. The van der Waals surface area contributed by atoms with Gasteiger partial charge in [0.05, 0.1) is 13.9 Å². The molecule has 0 atom stereocenters. The average molecular weight is 401 g/mol. The fourth-order valence-electron chi connectivity index (χ4n) is 3.37. The fraction of sp³-hybridized carbons (Fsp3) is 0.0435. The van der Waals surface area contributed by atoms with Crippen LogP contribution in [0, 0.1) is 5.82 Å². The van der Waals surface area contributed by atoms with E-state index in [1.165, 1.54) is 28.8 Å². The lowest BCUT2D eigenvalue weighted by molar-refractivity contribution is 0.262. The number of fused-ring (bicyclic) bond motifs is 2. The summed E-state index contributed by atoms with van der Waals surface area (Å²) in [7, 11) is 0. The normalized spacial score (nSPS) is 12.6. The third kappa shape index (κ3) is 3.37. The van der Waals surface area contributed by atoms with Gasteiger partial charge in [0.15, 0.2) is 0 Å². The molecule has 3 N–H and O–H groups in total. The molecule has 0 unspecified atom stereocenters. The monoisotopic (exact) mass is 401 g/mol. The van der Waals surface area contributed by atoms with Crippen LogP contribution in [0.5, 0.6) is 0 Å². The van der Waals surface area contributed by atoms with E-state index in [2.05, 4.69) is 20.6 Å². The molecule has 0 radical (unpaired) electrons. The number of hydrogen-bond acceptors (Lipinski definition) is 2. The van der Waals surface area contributed by atoms with E-state index in [0.29, 0.717) is 38.9 Å². The predicted octanol–water partition coefficient (Wildman–Crippen LogP) is 5.35. The van der Waals surface area contributed by atoms with Crippen LogP contribution in [0.3, 0.4) is 0 Å². The highest BCUT2D eigenvalue weighted by Gasteiger charge is 2.11. The zero-order valence-corrected chi connectivity index (χ0v) is 15.7. The maximum atomic E-state index is 13.1. The number of amides is 2. The summed E-state index contributed by atoms with van der Waals surface area (Å²) in [5.41, 5.74) is 2.68. The van der Waals surface area contributed by atoms with Gasteiger partial charge in [0.2, 0.25) is 0 Å². The third-order valence-electron chi connectivity index (χ3n) is 4.78. The van der Waals surface area contributed by atoms with E-state index in [0.717, 1.165) is 0 Å². The molecule has 3 heterocycles. The van der Waals surface area contributed by atoms with E-state index < -0.39 is 12.5 Å². The highest BCUT2D eigenvalue weighted by Crippen LogP contribution is 2.26. The first kappa shape index (κ1) is 15.8. The molecule has 0 bridgehead atoms. The molecule has 0 saturated heterocycles. The molecule has 5 aromatic rings. The van der Waals surface area contributed by atoms with Gasteiger partial charge in [-0.25, -0.2) is 14.2 Å². The van der Waals surface area contributed by atoms with Gasteiger partial charge in [0.25, 0.3) is 0 Å².